The maximum atomic E-state index is 9.97. The molecule has 0 bridgehead atoms. The highest BCUT2D eigenvalue weighted by Gasteiger charge is 1.89. The number of thiophene rings is 1. The third-order valence-electron chi connectivity index (χ3n) is 0.756. The molecule has 0 spiro atoms. The zero-order valence-electron chi connectivity index (χ0n) is 4.13. The second-order valence-electron chi connectivity index (χ2n) is 1.40. The van der Waals surface area contributed by atoms with Crippen LogP contribution in [-0.2, 0) is 0 Å². The third kappa shape index (κ3) is 0.982. The first-order valence-corrected chi connectivity index (χ1v) is 3.00. The number of carbonyl (C=O) groups excluding carboxylic acids is 1. The summed E-state index contributed by atoms with van der Waals surface area (Å²) < 4.78 is 0. The van der Waals surface area contributed by atoms with Crippen molar-refractivity contribution in [1.29, 1.82) is 0 Å². The van der Waals surface area contributed by atoms with E-state index in [4.69, 9.17) is 7.85 Å². The first-order valence-electron chi connectivity index (χ1n) is 2.12. The van der Waals surface area contributed by atoms with Crippen molar-refractivity contribution in [3.63, 3.8) is 0 Å². The molecular weight excluding hydrogens is 119 g/mol. The quantitative estimate of drug-likeness (QED) is 0.388. The minimum Gasteiger partial charge on any atom is -0.297 e. The highest BCUT2D eigenvalue weighted by atomic mass is 32.1. The molecule has 0 saturated carbocycles. The van der Waals surface area contributed by atoms with Gasteiger partial charge < -0.3 is 0 Å². The molecule has 38 valence electrons. The van der Waals surface area contributed by atoms with Crippen LogP contribution >= 0.6 is 11.3 Å². The maximum Gasteiger partial charge on any atom is 0.159 e. The van der Waals surface area contributed by atoms with Crippen molar-refractivity contribution in [2.24, 2.45) is 0 Å². The number of aldehydes is 1. The lowest BCUT2D eigenvalue weighted by atomic mass is 10.0. The first-order chi connectivity index (χ1) is 3.83. The molecule has 8 heavy (non-hydrogen) atoms. The number of hydrogen-bond acceptors (Lipinski definition) is 2. The van der Waals surface area contributed by atoms with Gasteiger partial charge in [-0.3, -0.25) is 4.79 Å². The van der Waals surface area contributed by atoms with Crippen LogP contribution in [0.25, 0.3) is 0 Å². The molecule has 0 aliphatic rings. The Balaban J connectivity index is 3.00. The van der Waals surface area contributed by atoms with Gasteiger partial charge in [-0.05, 0) is 11.4 Å². The molecule has 0 aliphatic heterocycles. The summed E-state index contributed by atoms with van der Waals surface area (Å²) in [7, 11) is 5.31. The second-order valence-corrected chi connectivity index (χ2v) is 2.34. The standard InChI is InChI=1S/C5H3BOS/c6-4-1-5(2-7)8-3-4/h1-3H. The van der Waals surface area contributed by atoms with E-state index in [1.54, 1.807) is 11.4 Å². The fraction of sp³-hybridized carbons (Fsp3) is 0. The smallest absolute Gasteiger partial charge is 0.159 e. The van der Waals surface area contributed by atoms with Crippen molar-refractivity contribution >= 4 is 30.9 Å². The van der Waals surface area contributed by atoms with Crippen LogP contribution < -0.4 is 5.46 Å². The van der Waals surface area contributed by atoms with Gasteiger partial charge in [0, 0.05) is 0 Å². The van der Waals surface area contributed by atoms with Crippen LogP contribution in [0.15, 0.2) is 11.4 Å². The molecule has 1 aromatic rings. The zero-order chi connectivity index (χ0) is 5.98. The van der Waals surface area contributed by atoms with Gasteiger partial charge in [0.05, 0.1) is 4.88 Å². The molecule has 3 heteroatoms. The van der Waals surface area contributed by atoms with Crippen LogP contribution in [0.3, 0.4) is 0 Å². The van der Waals surface area contributed by atoms with E-state index < -0.39 is 0 Å². The maximum absolute atomic E-state index is 9.97. The number of rotatable bonds is 1. The molecule has 0 amide bonds. The lowest BCUT2D eigenvalue weighted by Gasteiger charge is -1.70. The van der Waals surface area contributed by atoms with Gasteiger partial charge in [0.25, 0.3) is 0 Å². The minimum absolute atomic E-state index is 0.664. The van der Waals surface area contributed by atoms with E-state index in [1.807, 2.05) is 0 Å². The monoisotopic (exact) mass is 122 g/mol. The van der Waals surface area contributed by atoms with E-state index in [0.717, 1.165) is 6.29 Å². The Morgan fingerprint density at radius 1 is 1.75 bits per heavy atom. The summed E-state index contributed by atoms with van der Waals surface area (Å²) in [6.07, 6.45) is 0.793. The Morgan fingerprint density at radius 3 is 2.75 bits per heavy atom. The van der Waals surface area contributed by atoms with Crippen LogP contribution in [-0.4, -0.2) is 14.1 Å². The van der Waals surface area contributed by atoms with Crippen molar-refractivity contribution in [2.45, 2.75) is 0 Å². The summed E-state index contributed by atoms with van der Waals surface area (Å²) in [6, 6.07) is 1.65. The molecule has 0 atom stereocenters. The van der Waals surface area contributed by atoms with Gasteiger partial charge in [-0.2, -0.15) is 0 Å². The van der Waals surface area contributed by atoms with E-state index in [0.29, 0.717) is 10.3 Å². The molecular formula is C5H3BOS. The summed E-state index contributed by atoms with van der Waals surface area (Å²) in [5.74, 6) is 0. The third-order valence-corrected chi connectivity index (χ3v) is 1.63. The van der Waals surface area contributed by atoms with Crippen LogP contribution in [0.2, 0.25) is 0 Å². The largest absolute Gasteiger partial charge is 0.297 e. The van der Waals surface area contributed by atoms with Crippen LogP contribution in [0.4, 0.5) is 0 Å². The molecule has 0 aliphatic carbocycles. The predicted molar refractivity (Wildman–Crippen MR) is 35.1 cm³/mol. The molecule has 1 heterocycles. The van der Waals surface area contributed by atoms with Gasteiger partial charge in [-0.1, -0.05) is 5.46 Å². The molecule has 1 aromatic heterocycles. The topological polar surface area (TPSA) is 17.1 Å². The zero-order valence-corrected chi connectivity index (χ0v) is 4.94. The van der Waals surface area contributed by atoms with Crippen LogP contribution in [0.1, 0.15) is 9.67 Å². The Hall–Kier alpha value is -0.565. The normalized spacial score (nSPS) is 9.00. The van der Waals surface area contributed by atoms with Crippen molar-refractivity contribution in [1.82, 2.24) is 0 Å². The van der Waals surface area contributed by atoms with Gasteiger partial charge >= 0.3 is 0 Å². The Morgan fingerprint density at radius 2 is 2.50 bits per heavy atom. The van der Waals surface area contributed by atoms with Crippen LogP contribution in [0, 0.1) is 0 Å². The van der Waals surface area contributed by atoms with Gasteiger partial charge in [0.15, 0.2) is 6.29 Å². The van der Waals surface area contributed by atoms with Crippen molar-refractivity contribution < 1.29 is 4.79 Å². The Kier molecular flexibility index (Phi) is 1.49. The van der Waals surface area contributed by atoms with E-state index in [1.165, 1.54) is 11.3 Å². The van der Waals surface area contributed by atoms with E-state index in [2.05, 4.69) is 0 Å². The molecule has 1 nitrogen and oxygen atoms in total. The number of hydrogen-bond donors (Lipinski definition) is 0. The van der Waals surface area contributed by atoms with Gasteiger partial charge in [0.1, 0.15) is 7.85 Å². The van der Waals surface area contributed by atoms with E-state index in [-0.39, 0.29) is 0 Å². The van der Waals surface area contributed by atoms with Crippen LogP contribution in [0.5, 0.6) is 0 Å². The molecule has 0 unspecified atom stereocenters. The first kappa shape index (κ1) is 5.57. The van der Waals surface area contributed by atoms with Gasteiger partial charge in [0.2, 0.25) is 0 Å². The fourth-order valence-corrected chi connectivity index (χ4v) is 1.03. The Labute approximate surface area is 52.8 Å². The summed E-state index contributed by atoms with van der Waals surface area (Å²) in [5, 5.41) is 1.74. The predicted octanol–water partition coefficient (Wildman–Crippen LogP) is 0.354. The molecule has 0 saturated heterocycles. The molecule has 1 rings (SSSR count). The van der Waals surface area contributed by atoms with E-state index in [9.17, 15) is 4.79 Å². The fourth-order valence-electron chi connectivity index (χ4n) is 0.430. The van der Waals surface area contributed by atoms with E-state index >= 15 is 0 Å². The highest BCUT2D eigenvalue weighted by Crippen LogP contribution is 2.00. The van der Waals surface area contributed by atoms with Gasteiger partial charge in [-0.15, -0.1) is 11.3 Å². The van der Waals surface area contributed by atoms with Crippen molar-refractivity contribution in [2.75, 3.05) is 0 Å². The highest BCUT2D eigenvalue weighted by molar-refractivity contribution is 7.12. The molecule has 0 N–H and O–H groups in total. The summed E-state index contributed by atoms with van der Waals surface area (Å²) in [6.45, 7) is 0. The summed E-state index contributed by atoms with van der Waals surface area (Å²) in [4.78, 5) is 10.7. The Bertz CT molecular complexity index is 194. The average Bonchev–Trinajstić information content (AvgIpc) is 2.14. The van der Waals surface area contributed by atoms with Crippen molar-refractivity contribution in [3.05, 3.63) is 16.3 Å². The SMILES string of the molecule is [B]c1csc(C=O)c1. The molecule has 0 aromatic carbocycles. The second kappa shape index (κ2) is 2.14. The van der Waals surface area contributed by atoms with Gasteiger partial charge in [-0.25, -0.2) is 0 Å². The lowest BCUT2D eigenvalue weighted by Crippen LogP contribution is -1.93. The minimum atomic E-state index is 0.664. The number of carbonyl (C=O) groups is 1. The molecule has 2 radical (unpaired) electrons. The summed E-state index contributed by atoms with van der Waals surface area (Å²) in [5.41, 5.74) is 0.664. The van der Waals surface area contributed by atoms with Crippen molar-refractivity contribution in [3.8, 4) is 0 Å². The summed E-state index contributed by atoms with van der Waals surface area (Å²) >= 11 is 1.36. The average molecular weight is 122 g/mol. The molecule has 0 fully saturated rings. The lowest BCUT2D eigenvalue weighted by molar-refractivity contribution is 0.112.